The van der Waals surface area contributed by atoms with Gasteiger partial charge in [-0.25, -0.2) is 13.4 Å². The maximum Gasteiger partial charge on any atom is 0.265 e. The Morgan fingerprint density at radius 2 is 1.56 bits per heavy atom. The van der Waals surface area contributed by atoms with Gasteiger partial charge in [0.1, 0.15) is 0 Å². The van der Waals surface area contributed by atoms with E-state index in [1.165, 1.54) is 17.8 Å². The van der Waals surface area contributed by atoms with Crippen LogP contribution in [-0.2, 0) is 10.0 Å². The summed E-state index contributed by atoms with van der Waals surface area (Å²) in [4.78, 5) is 12.6. The highest BCUT2D eigenvalue weighted by Crippen LogP contribution is 2.22. The van der Waals surface area contributed by atoms with Crippen LogP contribution in [0.25, 0.3) is 0 Å². The molecular weight excluding hydrogens is 362 g/mol. The van der Waals surface area contributed by atoms with Crippen molar-refractivity contribution in [3.8, 4) is 0 Å². The lowest BCUT2D eigenvalue weighted by Crippen LogP contribution is -2.45. The molecule has 6 nitrogen and oxygen atoms in total. The van der Waals surface area contributed by atoms with Crippen molar-refractivity contribution in [3.05, 3.63) is 59.7 Å². The van der Waals surface area contributed by atoms with Gasteiger partial charge in [0.15, 0.2) is 0 Å². The molecule has 3 rings (SSSR count). The van der Waals surface area contributed by atoms with Gasteiger partial charge in [0, 0.05) is 25.7 Å². The Labute approximate surface area is 160 Å². The van der Waals surface area contributed by atoms with Crippen LogP contribution in [0.1, 0.15) is 35.2 Å². The number of piperidine rings is 1. The summed E-state index contributed by atoms with van der Waals surface area (Å²) in [6.07, 6.45) is 3.37. The van der Waals surface area contributed by atoms with Crippen LogP contribution in [0.4, 0.5) is 5.69 Å². The van der Waals surface area contributed by atoms with E-state index in [4.69, 9.17) is 0 Å². The maximum absolute atomic E-state index is 12.8. The standard InChI is InChI=1S/C20H25N3O3S/c1-16-6-12-19(13-7-16)27(25,26)22(2)18-10-8-17(9-11-18)20(24)21-23-14-4-3-5-15-23/h6-13H,3-5,14-15H2,1-2H3,(H,21,24). The molecule has 0 aromatic heterocycles. The van der Waals surface area contributed by atoms with E-state index < -0.39 is 10.0 Å². The fraction of sp³-hybridized carbons (Fsp3) is 0.350. The van der Waals surface area contributed by atoms with Gasteiger partial charge >= 0.3 is 0 Å². The number of benzene rings is 2. The molecule has 1 amide bonds. The van der Waals surface area contributed by atoms with E-state index >= 15 is 0 Å². The number of carbonyl (C=O) groups excluding carboxylic acids is 1. The average Bonchev–Trinajstić information content (AvgIpc) is 2.68. The number of sulfonamides is 1. The third-order valence-corrected chi connectivity index (χ3v) is 6.59. The monoisotopic (exact) mass is 387 g/mol. The second-order valence-electron chi connectivity index (χ2n) is 6.82. The molecule has 0 aliphatic carbocycles. The van der Waals surface area contributed by atoms with Crippen LogP contribution in [0.5, 0.6) is 0 Å². The summed E-state index contributed by atoms with van der Waals surface area (Å²) in [6, 6.07) is 13.3. The number of rotatable bonds is 5. The molecule has 0 saturated carbocycles. The maximum atomic E-state index is 12.8. The normalized spacial score (nSPS) is 15.3. The summed E-state index contributed by atoms with van der Waals surface area (Å²) in [5.41, 5.74) is 4.92. The summed E-state index contributed by atoms with van der Waals surface area (Å²) in [5, 5.41) is 1.94. The first kappa shape index (κ1) is 19.4. The van der Waals surface area contributed by atoms with Crippen LogP contribution >= 0.6 is 0 Å². The lowest BCUT2D eigenvalue weighted by atomic mass is 10.1. The Balaban J connectivity index is 1.72. The molecule has 1 aliphatic rings. The van der Waals surface area contributed by atoms with Crippen molar-refractivity contribution in [2.24, 2.45) is 0 Å². The minimum absolute atomic E-state index is 0.174. The van der Waals surface area contributed by atoms with Crippen molar-refractivity contribution in [1.82, 2.24) is 10.4 Å². The minimum atomic E-state index is -3.64. The van der Waals surface area contributed by atoms with Crippen LogP contribution in [-0.4, -0.2) is 39.5 Å². The summed E-state index contributed by atoms with van der Waals surface area (Å²) >= 11 is 0. The number of nitrogens with zero attached hydrogens (tertiary/aromatic N) is 2. The predicted molar refractivity (Wildman–Crippen MR) is 106 cm³/mol. The summed E-state index contributed by atoms with van der Waals surface area (Å²) in [7, 11) is -2.13. The van der Waals surface area contributed by atoms with Gasteiger partial charge in [0.25, 0.3) is 15.9 Å². The zero-order valence-electron chi connectivity index (χ0n) is 15.7. The van der Waals surface area contributed by atoms with Crippen molar-refractivity contribution in [1.29, 1.82) is 0 Å². The van der Waals surface area contributed by atoms with E-state index in [0.717, 1.165) is 31.5 Å². The topological polar surface area (TPSA) is 69.7 Å². The molecule has 1 aliphatic heterocycles. The van der Waals surface area contributed by atoms with Crippen molar-refractivity contribution < 1.29 is 13.2 Å². The quantitative estimate of drug-likeness (QED) is 0.856. The molecule has 0 unspecified atom stereocenters. The van der Waals surface area contributed by atoms with Crippen LogP contribution in [0.3, 0.4) is 0 Å². The van der Waals surface area contributed by atoms with E-state index in [-0.39, 0.29) is 10.8 Å². The zero-order valence-corrected chi connectivity index (χ0v) is 16.5. The van der Waals surface area contributed by atoms with Gasteiger partial charge in [0.2, 0.25) is 0 Å². The second kappa shape index (κ2) is 8.10. The van der Waals surface area contributed by atoms with Crippen molar-refractivity contribution >= 4 is 21.6 Å². The molecule has 0 spiro atoms. The van der Waals surface area contributed by atoms with Crippen molar-refractivity contribution in [3.63, 3.8) is 0 Å². The summed E-state index contributed by atoms with van der Waals surface area (Å²) < 4.78 is 26.8. The molecule has 1 heterocycles. The number of anilines is 1. The Kier molecular flexibility index (Phi) is 5.82. The Hall–Kier alpha value is -2.38. The van der Waals surface area contributed by atoms with Crippen LogP contribution in [0.15, 0.2) is 53.4 Å². The van der Waals surface area contributed by atoms with E-state index in [0.29, 0.717) is 11.3 Å². The van der Waals surface area contributed by atoms with Crippen molar-refractivity contribution in [2.45, 2.75) is 31.1 Å². The van der Waals surface area contributed by atoms with Gasteiger partial charge in [-0.15, -0.1) is 0 Å². The Bertz CT molecular complexity index is 887. The number of hydrazine groups is 1. The number of hydrogen-bond donors (Lipinski definition) is 1. The summed E-state index contributed by atoms with van der Waals surface area (Å²) in [6.45, 7) is 3.64. The van der Waals surface area contributed by atoms with Gasteiger partial charge in [0.05, 0.1) is 10.6 Å². The van der Waals surface area contributed by atoms with E-state index in [1.54, 1.807) is 48.5 Å². The number of carbonyl (C=O) groups is 1. The molecule has 1 fully saturated rings. The first-order valence-electron chi connectivity index (χ1n) is 9.09. The molecule has 0 atom stereocenters. The number of hydrogen-bond acceptors (Lipinski definition) is 4. The fourth-order valence-electron chi connectivity index (χ4n) is 3.04. The molecule has 2 aromatic carbocycles. The summed E-state index contributed by atoms with van der Waals surface area (Å²) in [5.74, 6) is -0.174. The number of aryl methyl sites for hydroxylation is 1. The molecule has 0 bridgehead atoms. The first-order valence-corrected chi connectivity index (χ1v) is 10.5. The van der Waals surface area contributed by atoms with Crippen molar-refractivity contribution in [2.75, 3.05) is 24.4 Å². The highest BCUT2D eigenvalue weighted by molar-refractivity contribution is 7.92. The van der Waals surface area contributed by atoms with E-state index in [2.05, 4.69) is 5.43 Å². The zero-order chi connectivity index (χ0) is 19.4. The number of nitrogens with one attached hydrogen (secondary N) is 1. The third kappa shape index (κ3) is 4.48. The SMILES string of the molecule is Cc1ccc(S(=O)(=O)N(C)c2ccc(C(=O)NN3CCCCC3)cc2)cc1. The lowest BCUT2D eigenvalue weighted by molar-refractivity contribution is 0.0750. The second-order valence-corrected chi connectivity index (χ2v) is 8.79. The molecule has 1 saturated heterocycles. The van der Waals surface area contributed by atoms with Gasteiger partial charge in [-0.05, 0) is 56.2 Å². The van der Waals surface area contributed by atoms with Gasteiger partial charge in [-0.1, -0.05) is 24.1 Å². The fourth-order valence-corrected chi connectivity index (χ4v) is 4.24. The highest BCUT2D eigenvalue weighted by Gasteiger charge is 2.21. The highest BCUT2D eigenvalue weighted by atomic mass is 32.2. The first-order chi connectivity index (χ1) is 12.9. The smallest absolute Gasteiger partial charge is 0.265 e. The van der Waals surface area contributed by atoms with Gasteiger partial charge in [-0.2, -0.15) is 0 Å². The predicted octanol–water partition coefficient (Wildman–Crippen LogP) is 2.95. The van der Waals surface area contributed by atoms with Crippen LogP contribution < -0.4 is 9.73 Å². The molecule has 144 valence electrons. The minimum Gasteiger partial charge on any atom is -0.285 e. The molecule has 2 aromatic rings. The lowest BCUT2D eigenvalue weighted by Gasteiger charge is -2.26. The third-order valence-electron chi connectivity index (χ3n) is 4.79. The average molecular weight is 388 g/mol. The molecule has 7 heteroatoms. The molecular formula is C20H25N3O3S. The van der Waals surface area contributed by atoms with Crippen LogP contribution in [0.2, 0.25) is 0 Å². The Morgan fingerprint density at radius 3 is 2.15 bits per heavy atom. The number of amides is 1. The van der Waals surface area contributed by atoms with Gasteiger partial charge in [-0.3, -0.25) is 14.5 Å². The van der Waals surface area contributed by atoms with E-state index in [9.17, 15) is 13.2 Å². The van der Waals surface area contributed by atoms with Crippen LogP contribution in [0, 0.1) is 6.92 Å². The van der Waals surface area contributed by atoms with E-state index in [1.807, 2.05) is 11.9 Å². The Morgan fingerprint density at radius 1 is 0.963 bits per heavy atom. The molecule has 27 heavy (non-hydrogen) atoms. The largest absolute Gasteiger partial charge is 0.285 e. The molecule has 1 N–H and O–H groups in total. The molecule has 0 radical (unpaired) electrons. The van der Waals surface area contributed by atoms with Gasteiger partial charge < -0.3 is 0 Å².